The minimum absolute atomic E-state index is 0.277. The van der Waals surface area contributed by atoms with Crippen LogP contribution in [-0.2, 0) is 11.3 Å². The van der Waals surface area contributed by atoms with Gasteiger partial charge in [-0.2, -0.15) is 0 Å². The van der Waals surface area contributed by atoms with E-state index in [4.69, 9.17) is 9.72 Å². The van der Waals surface area contributed by atoms with E-state index in [-0.39, 0.29) is 5.92 Å². The van der Waals surface area contributed by atoms with Crippen molar-refractivity contribution >= 4 is 17.0 Å². The second kappa shape index (κ2) is 9.02. The molecule has 0 aromatic carbocycles. The number of nitrogens with zero attached hydrogens (tertiary/aromatic N) is 4. The maximum absolute atomic E-state index is 6.13. The van der Waals surface area contributed by atoms with Gasteiger partial charge in [-0.3, -0.25) is 4.98 Å². The lowest BCUT2D eigenvalue weighted by atomic mass is 10.1. The number of hydrogen-bond acceptors (Lipinski definition) is 6. The van der Waals surface area contributed by atoms with Crippen LogP contribution in [0.2, 0.25) is 0 Å². The number of pyridine rings is 1. The Balaban J connectivity index is 1.53. The zero-order valence-corrected chi connectivity index (χ0v) is 19.5. The number of allylic oxidation sites excluding steroid dienone is 2. The lowest BCUT2D eigenvalue weighted by Crippen LogP contribution is -2.27. The summed E-state index contributed by atoms with van der Waals surface area (Å²) in [6.07, 6.45) is 5.78. The SMILES string of the molecule is CC1=CC(OCc2csc(C)c2)=C(C)CN1c1ccnc(-c2ccnc(C(C)C)n2)c1. The average Bonchev–Trinajstić information content (AvgIpc) is 3.19. The van der Waals surface area contributed by atoms with Crippen molar-refractivity contribution < 1.29 is 4.74 Å². The molecule has 0 N–H and O–H groups in total. The molecular weight excluding hydrogens is 404 g/mol. The van der Waals surface area contributed by atoms with E-state index in [1.54, 1.807) is 11.3 Å². The first kappa shape index (κ1) is 21.2. The standard InChI is InChI=1S/C25H28N4OS/c1-16(2)25-27-9-7-22(28-25)23-12-21(6-8-26-23)29-13-17(3)24(10-18(29)4)30-14-20-11-19(5)31-15-20/h6-12,15-16H,13-14H2,1-5H3. The number of thiophene rings is 1. The first-order valence-electron chi connectivity index (χ1n) is 10.5. The number of aryl methyl sites for hydroxylation is 1. The Morgan fingerprint density at radius 1 is 1.06 bits per heavy atom. The summed E-state index contributed by atoms with van der Waals surface area (Å²) in [5, 5.41) is 2.16. The van der Waals surface area contributed by atoms with E-state index in [1.807, 2.05) is 24.5 Å². The van der Waals surface area contributed by atoms with Crippen molar-refractivity contribution in [3.8, 4) is 11.4 Å². The van der Waals surface area contributed by atoms with Crippen molar-refractivity contribution in [2.24, 2.45) is 0 Å². The summed E-state index contributed by atoms with van der Waals surface area (Å²) in [6.45, 7) is 11.9. The highest BCUT2D eigenvalue weighted by Gasteiger charge is 2.19. The Labute approximate surface area is 188 Å². The van der Waals surface area contributed by atoms with Gasteiger partial charge in [0.25, 0.3) is 0 Å². The molecule has 4 heterocycles. The van der Waals surface area contributed by atoms with Gasteiger partial charge >= 0.3 is 0 Å². The van der Waals surface area contributed by atoms with Crippen LogP contribution in [0.3, 0.4) is 0 Å². The van der Waals surface area contributed by atoms with Crippen molar-refractivity contribution in [3.05, 3.63) is 81.4 Å². The van der Waals surface area contributed by atoms with E-state index in [1.165, 1.54) is 16.0 Å². The van der Waals surface area contributed by atoms with Crippen molar-refractivity contribution in [2.75, 3.05) is 11.4 Å². The summed E-state index contributed by atoms with van der Waals surface area (Å²) in [5.74, 6) is 2.07. The molecule has 0 radical (unpaired) electrons. The van der Waals surface area contributed by atoms with Gasteiger partial charge in [-0.1, -0.05) is 13.8 Å². The normalized spacial score (nSPS) is 14.3. The van der Waals surface area contributed by atoms with Gasteiger partial charge in [-0.25, -0.2) is 9.97 Å². The van der Waals surface area contributed by atoms with Gasteiger partial charge in [-0.05, 0) is 62.1 Å². The topological polar surface area (TPSA) is 51.1 Å². The van der Waals surface area contributed by atoms with Gasteiger partial charge < -0.3 is 9.64 Å². The number of hydrogen-bond donors (Lipinski definition) is 0. The minimum Gasteiger partial charge on any atom is -0.489 e. The predicted molar refractivity (Wildman–Crippen MR) is 127 cm³/mol. The van der Waals surface area contributed by atoms with Gasteiger partial charge in [0.2, 0.25) is 0 Å². The van der Waals surface area contributed by atoms with Crippen molar-refractivity contribution in [1.82, 2.24) is 15.0 Å². The highest BCUT2D eigenvalue weighted by atomic mass is 32.1. The third-order valence-corrected chi connectivity index (χ3v) is 6.18. The first-order chi connectivity index (χ1) is 14.9. The maximum atomic E-state index is 6.13. The van der Waals surface area contributed by atoms with Crippen molar-refractivity contribution in [3.63, 3.8) is 0 Å². The number of rotatable bonds is 6. The summed E-state index contributed by atoms with van der Waals surface area (Å²) >= 11 is 1.76. The third kappa shape index (κ3) is 4.85. The molecule has 1 aliphatic heterocycles. The lowest BCUT2D eigenvalue weighted by Gasteiger charge is -2.30. The summed E-state index contributed by atoms with van der Waals surface area (Å²) in [5.41, 5.74) is 6.37. The molecule has 0 fully saturated rings. The molecule has 0 saturated heterocycles. The first-order valence-corrected chi connectivity index (χ1v) is 11.4. The molecule has 31 heavy (non-hydrogen) atoms. The number of anilines is 1. The molecule has 0 atom stereocenters. The quantitative estimate of drug-likeness (QED) is 0.461. The Morgan fingerprint density at radius 2 is 1.87 bits per heavy atom. The van der Waals surface area contributed by atoms with Crippen molar-refractivity contribution in [2.45, 2.75) is 47.1 Å². The Bertz CT molecular complexity index is 1150. The fraction of sp³-hybridized carbons (Fsp3) is 0.320. The lowest BCUT2D eigenvalue weighted by molar-refractivity contribution is 0.206. The molecule has 4 rings (SSSR count). The van der Waals surface area contributed by atoms with E-state index < -0.39 is 0 Å². The van der Waals surface area contributed by atoms with Crippen molar-refractivity contribution in [1.29, 1.82) is 0 Å². The number of aromatic nitrogens is 3. The summed E-state index contributed by atoms with van der Waals surface area (Å²) in [7, 11) is 0. The fourth-order valence-corrected chi connectivity index (χ4v) is 4.24. The summed E-state index contributed by atoms with van der Waals surface area (Å²) in [4.78, 5) is 17.2. The van der Waals surface area contributed by atoms with Gasteiger partial charge in [0.15, 0.2) is 0 Å². The van der Waals surface area contributed by atoms with Gasteiger partial charge in [-0.15, -0.1) is 11.3 Å². The van der Waals surface area contributed by atoms with Crippen LogP contribution in [0, 0.1) is 6.92 Å². The molecule has 3 aromatic heterocycles. The van der Waals surface area contributed by atoms with Crippen LogP contribution in [0.5, 0.6) is 0 Å². The zero-order chi connectivity index (χ0) is 22.0. The minimum atomic E-state index is 0.277. The highest BCUT2D eigenvalue weighted by Crippen LogP contribution is 2.30. The van der Waals surface area contributed by atoms with E-state index in [0.717, 1.165) is 40.9 Å². The Morgan fingerprint density at radius 3 is 2.61 bits per heavy atom. The van der Waals surface area contributed by atoms with Gasteiger partial charge in [0, 0.05) is 46.7 Å². The molecule has 0 spiro atoms. The summed E-state index contributed by atoms with van der Waals surface area (Å²) < 4.78 is 6.13. The molecule has 0 unspecified atom stereocenters. The smallest absolute Gasteiger partial charge is 0.131 e. The molecule has 0 aliphatic carbocycles. The second-order valence-corrected chi connectivity index (χ2v) is 9.34. The molecular formula is C25H28N4OS. The largest absolute Gasteiger partial charge is 0.489 e. The van der Waals surface area contributed by atoms with Crippen LogP contribution in [-0.4, -0.2) is 21.5 Å². The Hall–Kier alpha value is -2.99. The fourth-order valence-electron chi connectivity index (χ4n) is 3.55. The highest BCUT2D eigenvalue weighted by molar-refractivity contribution is 7.10. The van der Waals surface area contributed by atoms with Crippen LogP contribution in [0.1, 0.15) is 49.9 Å². The molecule has 0 amide bonds. The van der Waals surface area contributed by atoms with Gasteiger partial charge in [0.05, 0.1) is 11.4 Å². The molecule has 1 aliphatic rings. The number of ether oxygens (including phenoxy) is 1. The van der Waals surface area contributed by atoms with Crippen LogP contribution < -0.4 is 4.90 Å². The molecule has 5 nitrogen and oxygen atoms in total. The predicted octanol–water partition coefficient (Wildman–Crippen LogP) is 6.25. The van der Waals surface area contributed by atoms with Gasteiger partial charge in [0.1, 0.15) is 18.2 Å². The Kier molecular flexibility index (Phi) is 6.18. The van der Waals surface area contributed by atoms with E-state index in [0.29, 0.717) is 6.61 Å². The molecule has 0 bridgehead atoms. The van der Waals surface area contributed by atoms with E-state index in [9.17, 15) is 0 Å². The monoisotopic (exact) mass is 432 g/mol. The van der Waals surface area contributed by atoms with Crippen LogP contribution in [0.25, 0.3) is 11.4 Å². The van der Waals surface area contributed by atoms with Crippen LogP contribution in [0.4, 0.5) is 5.69 Å². The second-order valence-electron chi connectivity index (χ2n) is 8.22. The maximum Gasteiger partial charge on any atom is 0.131 e. The molecule has 3 aromatic rings. The third-order valence-electron chi connectivity index (χ3n) is 5.27. The average molecular weight is 433 g/mol. The van der Waals surface area contributed by atoms with E-state index in [2.05, 4.69) is 73.1 Å². The molecule has 160 valence electrons. The van der Waals surface area contributed by atoms with Crippen LogP contribution in [0.15, 0.2) is 65.1 Å². The molecule has 6 heteroatoms. The zero-order valence-electron chi connectivity index (χ0n) is 18.7. The van der Waals surface area contributed by atoms with Crippen LogP contribution >= 0.6 is 11.3 Å². The summed E-state index contributed by atoms with van der Waals surface area (Å²) in [6, 6.07) is 8.23. The molecule has 0 saturated carbocycles. The van der Waals surface area contributed by atoms with E-state index >= 15 is 0 Å².